The number of aromatic nitrogens is 2. The third-order valence-electron chi connectivity index (χ3n) is 5.55. The third kappa shape index (κ3) is 3.46. The summed E-state index contributed by atoms with van der Waals surface area (Å²) >= 11 is 0. The minimum Gasteiger partial charge on any atom is -0.497 e. The molecule has 2 heterocycles. The van der Waals surface area contributed by atoms with Gasteiger partial charge in [-0.05, 0) is 35.2 Å². The minimum atomic E-state index is -0.431. The van der Waals surface area contributed by atoms with Crippen LogP contribution in [-0.4, -0.2) is 24.4 Å². The molecule has 3 N–H and O–H groups in total. The van der Waals surface area contributed by atoms with Gasteiger partial charge in [-0.15, -0.1) is 5.10 Å². The summed E-state index contributed by atoms with van der Waals surface area (Å²) < 4.78 is 16.7. The van der Waals surface area contributed by atoms with Crippen LogP contribution in [0.15, 0.2) is 53.9 Å². The summed E-state index contributed by atoms with van der Waals surface area (Å²) in [6, 6.07) is 15.9. The molecule has 3 aromatic rings. The number of nitrogens with two attached hydrogens (primary N) is 1. The van der Waals surface area contributed by atoms with Gasteiger partial charge in [0.2, 0.25) is 11.8 Å². The van der Waals surface area contributed by atoms with Gasteiger partial charge in [-0.3, -0.25) is 5.10 Å². The fourth-order valence-corrected chi connectivity index (χ4v) is 3.87. The summed E-state index contributed by atoms with van der Waals surface area (Å²) in [7, 11) is 3.21. The number of nitriles is 1. The lowest BCUT2D eigenvalue weighted by atomic mass is 9.82. The second-order valence-corrected chi connectivity index (χ2v) is 7.63. The summed E-state index contributed by atoms with van der Waals surface area (Å²) in [5.74, 6) is 1.69. The van der Waals surface area contributed by atoms with Gasteiger partial charge in [0.1, 0.15) is 23.1 Å². The van der Waals surface area contributed by atoms with Gasteiger partial charge in [0.15, 0.2) is 0 Å². The average molecular weight is 416 g/mol. The van der Waals surface area contributed by atoms with E-state index >= 15 is 0 Å². The number of methoxy groups -OCH3 is 2. The van der Waals surface area contributed by atoms with Crippen molar-refractivity contribution in [2.24, 2.45) is 5.73 Å². The molecule has 0 amide bonds. The lowest BCUT2D eigenvalue weighted by Crippen LogP contribution is -2.21. The molecule has 0 aliphatic carbocycles. The fraction of sp³-hybridized carbons (Fsp3) is 0.250. The smallest absolute Gasteiger partial charge is 0.244 e. The molecule has 0 saturated carbocycles. The zero-order chi connectivity index (χ0) is 22.1. The Labute approximate surface area is 181 Å². The molecule has 2 aromatic carbocycles. The molecule has 158 valence electrons. The molecule has 31 heavy (non-hydrogen) atoms. The Morgan fingerprint density at radius 3 is 2.48 bits per heavy atom. The van der Waals surface area contributed by atoms with Crippen molar-refractivity contribution >= 4 is 0 Å². The minimum absolute atomic E-state index is 0.0589. The van der Waals surface area contributed by atoms with E-state index in [0.29, 0.717) is 34.6 Å². The van der Waals surface area contributed by atoms with Crippen molar-refractivity contribution in [1.29, 1.82) is 5.26 Å². The Bertz CT molecular complexity index is 1190. The largest absolute Gasteiger partial charge is 0.497 e. The Balaban J connectivity index is 1.93. The molecule has 0 saturated heterocycles. The predicted molar refractivity (Wildman–Crippen MR) is 117 cm³/mol. The maximum absolute atomic E-state index is 9.90. The van der Waals surface area contributed by atoms with Crippen molar-refractivity contribution in [2.75, 3.05) is 14.2 Å². The molecule has 0 bridgehead atoms. The molecule has 7 heteroatoms. The van der Waals surface area contributed by atoms with E-state index in [0.717, 1.165) is 16.7 Å². The highest BCUT2D eigenvalue weighted by Gasteiger charge is 2.36. The quantitative estimate of drug-likeness (QED) is 0.637. The number of benzene rings is 2. The Hall–Kier alpha value is -3.92. The van der Waals surface area contributed by atoms with Gasteiger partial charge in [-0.2, -0.15) is 5.26 Å². The molecular formula is C24H24N4O3. The zero-order valence-electron chi connectivity index (χ0n) is 17.9. The van der Waals surface area contributed by atoms with E-state index in [9.17, 15) is 5.26 Å². The molecule has 0 unspecified atom stereocenters. The summed E-state index contributed by atoms with van der Waals surface area (Å²) in [5.41, 5.74) is 10.7. The number of aromatic amines is 1. The van der Waals surface area contributed by atoms with Gasteiger partial charge in [0, 0.05) is 5.56 Å². The van der Waals surface area contributed by atoms with Crippen LogP contribution in [0.5, 0.6) is 17.4 Å². The maximum Gasteiger partial charge on any atom is 0.244 e. The van der Waals surface area contributed by atoms with Gasteiger partial charge in [-0.25, -0.2) is 0 Å². The number of rotatable bonds is 5. The summed E-state index contributed by atoms with van der Waals surface area (Å²) in [4.78, 5) is 0. The first-order valence-electron chi connectivity index (χ1n) is 9.96. The van der Waals surface area contributed by atoms with Crippen molar-refractivity contribution < 1.29 is 14.2 Å². The van der Waals surface area contributed by atoms with Gasteiger partial charge in [0.25, 0.3) is 0 Å². The first kappa shape index (κ1) is 20.4. The summed E-state index contributed by atoms with van der Waals surface area (Å²) in [6.07, 6.45) is 0. The van der Waals surface area contributed by atoms with Crippen LogP contribution < -0.4 is 19.9 Å². The monoisotopic (exact) mass is 416 g/mol. The molecule has 1 atom stereocenters. The van der Waals surface area contributed by atoms with Crippen molar-refractivity contribution in [2.45, 2.75) is 25.7 Å². The van der Waals surface area contributed by atoms with Crippen LogP contribution >= 0.6 is 0 Å². The van der Waals surface area contributed by atoms with Crippen molar-refractivity contribution in [3.8, 4) is 34.7 Å². The number of nitrogens with zero attached hydrogens (tertiary/aromatic N) is 2. The Morgan fingerprint density at radius 2 is 1.87 bits per heavy atom. The molecule has 0 radical (unpaired) electrons. The van der Waals surface area contributed by atoms with E-state index in [1.54, 1.807) is 14.2 Å². The van der Waals surface area contributed by atoms with Crippen LogP contribution in [0.3, 0.4) is 0 Å². The van der Waals surface area contributed by atoms with Gasteiger partial charge < -0.3 is 19.9 Å². The van der Waals surface area contributed by atoms with E-state index in [-0.39, 0.29) is 5.88 Å². The zero-order valence-corrected chi connectivity index (χ0v) is 17.9. The molecule has 1 aliphatic rings. The van der Waals surface area contributed by atoms with Crippen molar-refractivity contribution in [1.82, 2.24) is 10.2 Å². The maximum atomic E-state index is 9.90. The molecule has 0 fully saturated rings. The molecular weight excluding hydrogens is 392 g/mol. The second kappa shape index (κ2) is 8.07. The van der Waals surface area contributed by atoms with Crippen LogP contribution in [0.2, 0.25) is 0 Å². The van der Waals surface area contributed by atoms with Crippen LogP contribution in [-0.2, 0) is 0 Å². The number of allylic oxidation sites excluding steroid dienone is 1. The Morgan fingerprint density at radius 1 is 1.13 bits per heavy atom. The number of hydrogen-bond donors (Lipinski definition) is 2. The second-order valence-electron chi connectivity index (χ2n) is 7.63. The van der Waals surface area contributed by atoms with E-state index in [2.05, 4.69) is 42.2 Å². The standard InChI is InChI=1S/C24H24N4O3/c1-13(2)14-5-7-15(8-6-14)20-18(12-25)23(26)31-24-21(20)22(27-28-24)17-11-16(29-3)9-10-19(17)30-4/h5-11,13,20H,26H2,1-4H3,(H,27,28)/t20-/m1/s1. The first-order valence-corrected chi connectivity index (χ1v) is 9.96. The average Bonchev–Trinajstić information content (AvgIpc) is 3.20. The normalized spacial score (nSPS) is 15.3. The first-order chi connectivity index (χ1) is 15.0. The predicted octanol–water partition coefficient (Wildman–Crippen LogP) is 4.44. The van der Waals surface area contributed by atoms with Gasteiger partial charge in [-0.1, -0.05) is 38.1 Å². The fourth-order valence-electron chi connectivity index (χ4n) is 3.87. The highest BCUT2D eigenvalue weighted by Crippen LogP contribution is 2.47. The molecule has 4 rings (SSSR count). The summed E-state index contributed by atoms with van der Waals surface area (Å²) in [6.45, 7) is 4.28. The lowest BCUT2D eigenvalue weighted by Gasteiger charge is -2.24. The highest BCUT2D eigenvalue weighted by atomic mass is 16.5. The lowest BCUT2D eigenvalue weighted by molar-refractivity contribution is 0.379. The number of H-pyrrole nitrogens is 1. The van der Waals surface area contributed by atoms with Crippen molar-refractivity contribution in [3.63, 3.8) is 0 Å². The van der Waals surface area contributed by atoms with E-state index in [1.807, 2.05) is 30.3 Å². The Kier molecular flexibility index (Phi) is 5.30. The topological polar surface area (TPSA) is 106 Å². The summed E-state index contributed by atoms with van der Waals surface area (Å²) in [5, 5.41) is 17.3. The molecule has 7 nitrogen and oxygen atoms in total. The van der Waals surface area contributed by atoms with Gasteiger partial charge in [0.05, 0.1) is 31.4 Å². The van der Waals surface area contributed by atoms with Gasteiger partial charge >= 0.3 is 0 Å². The highest BCUT2D eigenvalue weighted by molar-refractivity contribution is 5.76. The SMILES string of the molecule is COc1ccc(OC)c(-c2[nH]nc3c2[C@H](c2ccc(C(C)C)cc2)C(C#N)=C(N)O3)c1. The van der Waals surface area contributed by atoms with Crippen LogP contribution in [0.1, 0.15) is 42.4 Å². The third-order valence-corrected chi connectivity index (χ3v) is 5.55. The van der Waals surface area contributed by atoms with E-state index < -0.39 is 5.92 Å². The van der Waals surface area contributed by atoms with E-state index in [1.165, 1.54) is 5.56 Å². The number of hydrogen-bond acceptors (Lipinski definition) is 6. The van der Waals surface area contributed by atoms with Crippen molar-refractivity contribution in [3.05, 3.63) is 70.6 Å². The number of ether oxygens (including phenoxy) is 3. The number of nitrogens with one attached hydrogen (secondary N) is 1. The van der Waals surface area contributed by atoms with Crippen LogP contribution in [0.4, 0.5) is 0 Å². The molecule has 1 aromatic heterocycles. The molecule has 1 aliphatic heterocycles. The van der Waals surface area contributed by atoms with E-state index in [4.69, 9.17) is 19.9 Å². The number of fused-ring (bicyclic) bond motifs is 1. The van der Waals surface area contributed by atoms with Crippen LogP contribution in [0.25, 0.3) is 11.3 Å². The van der Waals surface area contributed by atoms with Crippen LogP contribution in [0, 0.1) is 11.3 Å². The molecule has 0 spiro atoms.